The van der Waals surface area contributed by atoms with Gasteiger partial charge in [0.05, 0.1) is 11.6 Å². The Bertz CT molecular complexity index is 410. The number of methoxy groups -OCH3 is 1. The largest absolute Gasteiger partial charge is 0.496 e. The highest BCUT2D eigenvalue weighted by Crippen LogP contribution is 2.25. The van der Waals surface area contributed by atoms with Gasteiger partial charge in [0.15, 0.2) is 0 Å². The van der Waals surface area contributed by atoms with Crippen molar-refractivity contribution in [3.63, 3.8) is 0 Å². The van der Waals surface area contributed by atoms with Gasteiger partial charge in [0.2, 0.25) is 0 Å². The number of halogens is 2. The summed E-state index contributed by atoms with van der Waals surface area (Å²) in [6.45, 7) is 2.59. The quantitative estimate of drug-likeness (QED) is 0.638. The highest BCUT2D eigenvalue weighted by atomic mass is 79.9. The third kappa shape index (κ3) is 4.86. The lowest BCUT2D eigenvalue weighted by atomic mass is 10.2. The van der Waals surface area contributed by atoms with Crippen LogP contribution in [0.25, 0.3) is 0 Å². The summed E-state index contributed by atoms with van der Waals surface area (Å²) < 4.78 is 5.88. The van der Waals surface area contributed by atoms with E-state index in [0.29, 0.717) is 17.9 Å². The zero-order valence-corrected chi connectivity index (χ0v) is 12.8. The van der Waals surface area contributed by atoms with Crippen LogP contribution in [0, 0.1) is 0 Å². The van der Waals surface area contributed by atoms with Crippen molar-refractivity contribution in [3.8, 4) is 5.75 Å². The van der Waals surface area contributed by atoms with Crippen molar-refractivity contribution in [2.45, 2.75) is 25.1 Å². The van der Waals surface area contributed by atoms with Crippen LogP contribution >= 0.6 is 27.5 Å². The fourth-order valence-electron chi connectivity index (χ4n) is 1.49. The molecule has 1 unspecified atom stereocenters. The Morgan fingerprint density at radius 3 is 2.83 bits per heavy atom. The zero-order chi connectivity index (χ0) is 13.5. The van der Waals surface area contributed by atoms with E-state index in [9.17, 15) is 4.79 Å². The van der Waals surface area contributed by atoms with E-state index in [2.05, 4.69) is 21.2 Å². The number of ether oxygens (including phenoxy) is 1. The first-order chi connectivity index (χ1) is 8.54. The van der Waals surface area contributed by atoms with Gasteiger partial charge in [0.1, 0.15) is 5.75 Å². The maximum atomic E-state index is 11.8. The number of carbonyl (C=O) groups excluding carboxylic acids is 1. The van der Waals surface area contributed by atoms with E-state index in [4.69, 9.17) is 16.3 Å². The normalized spacial score (nSPS) is 12.0. The van der Waals surface area contributed by atoms with Crippen LogP contribution < -0.4 is 10.1 Å². The summed E-state index contributed by atoms with van der Waals surface area (Å²) in [6.07, 6.45) is 1.78. The Labute approximate surface area is 121 Å². The Hall–Kier alpha value is -0.740. The van der Waals surface area contributed by atoms with Crippen LogP contribution in [-0.2, 0) is 0 Å². The number of nitrogens with one attached hydrogen (secondary N) is 1. The monoisotopic (exact) mass is 333 g/mol. The third-order valence-electron chi connectivity index (χ3n) is 2.48. The molecular weight excluding hydrogens is 318 g/mol. The fourth-order valence-corrected chi connectivity index (χ4v) is 2.19. The van der Waals surface area contributed by atoms with Gasteiger partial charge in [-0.1, -0.05) is 0 Å². The molecule has 0 radical (unpaired) electrons. The minimum Gasteiger partial charge on any atom is -0.496 e. The zero-order valence-electron chi connectivity index (χ0n) is 10.5. The second-order valence-corrected chi connectivity index (χ2v) is 5.63. The lowest BCUT2D eigenvalue weighted by molar-refractivity contribution is 0.0953. The van der Waals surface area contributed by atoms with Crippen molar-refractivity contribution >= 4 is 33.4 Å². The molecule has 3 nitrogen and oxygen atoms in total. The molecule has 1 aromatic rings. The lowest BCUT2D eigenvalue weighted by Crippen LogP contribution is -2.24. The maximum Gasteiger partial charge on any atom is 0.251 e. The number of benzene rings is 1. The molecule has 0 heterocycles. The van der Waals surface area contributed by atoms with Crippen LogP contribution in [0.1, 0.15) is 30.1 Å². The van der Waals surface area contributed by atoms with Crippen molar-refractivity contribution in [1.29, 1.82) is 0 Å². The number of hydrogen-bond acceptors (Lipinski definition) is 2. The average molecular weight is 335 g/mol. The van der Waals surface area contributed by atoms with Gasteiger partial charge in [0, 0.05) is 17.5 Å². The Morgan fingerprint density at radius 2 is 2.28 bits per heavy atom. The lowest BCUT2D eigenvalue weighted by Gasteiger charge is -2.08. The molecule has 0 bridgehead atoms. The Morgan fingerprint density at radius 1 is 1.56 bits per heavy atom. The van der Waals surface area contributed by atoms with Crippen LogP contribution in [0.5, 0.6) is 5.75 Å². The molecule has 0 aliphatic carbocycles. The van der Waals surface area contributed by atoms with Crippen molar-refractivity contribution in [2.24, 2.45) is 0 Å². The molecule has 1 amide bonds. The molecule has 1 atom stereocenters. The predicted octanol–water partition coefficient (Wildman–Crippen LogP) is 3.60. The number of alkyl halides is 1. The summed E-state index contributed by atoms with van der Waals surface area (Å²) >= 11 is 9.19. The summed E-state index contributed by atoms with van der Waals surface area (Å²) in [6, 6.07) is 5.25. The molecule has 0 fully saturated rings. The minimum absolute atomic E-state index is 0.0828. The average Bonchev–Trinajstić information content (AvgIpc) is 2.34. The van der Waals surface area contributed by atoms with Crippen LogP contribution in [0.4, 0.5) is 0 Å². The topological polar surface area (TPSA) is 38.3 Å². The standard InChI is InChI=1S/C13H17BrClNO2/c1-9(15)4-3-7-16-13(17)10-5-6-12(18-2)11(14)8-10/h5-6,8-9H,3-4,7H2,1-2H3,(H,16,17). The summed E-state index contributed by atoms with van der Waals surface area (Å²) in [4.78, 5) is 11.8. The molecule has 0 aliphatic heterocycles. The molecule has 5 heteroatoms. The van der Waals surface area contributed by atoms with E-state index in [1.165, 1.54) is 0 Å². The Kier molecular flexibility index (Phi) is 6.50. The first-order valence-electron chi connectivity index (χ1n) is 5.80. The van der Waals surface area contributed by atoms with E-state index < -0.39 is 0 Å². The third-order valence-corrected chi connectivity index (χ3v) is 3.32. The number of carbonyl (C=O) groups is 1. The first kappa shape index (κ1) is 15.3. The molecule has 0 aliphatic rings. The second-order valence-electron chi connectivity index (χ2n) is 4.03. The molecular formula is C13H17BrClNO2. The first-order valence-corrected chi connectivity index (χ1v) is 7.03. The molecule has 0 saturated heterocycles. The van der Waals surface area contributed by atoms with E-state index in [1.54, 1.807) is 25.3 Å². The highest BCUT2D eigenvalue weighted by Gasteiger charge is 2.08. The molecule has 0 saturated carbocycles. The van der Waals surface area contributed by atoms with Gasteiger partial charge in [0.25, 0.3) is 5.91 Å². The molecule has 18 heavy (non-hydrogen) atoms. The van der Waals surface area contributed by atoms with Gasteiger partial charge in [-0.05, 0) is 53.9 Å². The fraction of sp³-hybridized carbons (Fsp3) is 0.462. The van der Waals surface area contributed by atoms with E-state index in [1.807, 2.05) is 6.92 Å². The van der Waals surface area contributed by atoms with Crippen LogP contribution in [-0.4, -0.2) is 24.9 Å². The van der Waals surface area contributed by atoms with Crippen molar-refractivity contribution in [1.82, 2.24) is 5.32 Å². The summed E-state index contributed by atoms with van der Waals surface area (Å²) in [7, 11) is 1.59. The highest BCUT2D eigenvalue weighted by molar-refractivity contribution is 9.10. The summed E-state index contributed by atoms with van der Waals surface area (Å²) in [5, 5.41) is 3.01. The van der Waals surface area contributed by atoms with Gasteiger partial charge in [-0.15, -0.1) is 11.6 Å². The van der Waals surface area contributed by atoms with Gasteiger partial charge in [-0.3, -0.25) is 4.79 Å². The van der Waals surface area contributed by atoms with Crippen LogP contribution in [0.2, 0.25) is 0 Å². The smallest absolute Gasteiger partial charge is 0.251 e. The van der Waals surface area contributed by atoms with Gasteiger partial charge in [-0.2, -0.15) is 0 Å². The van der Waals surface area contributed by atoms with Crippen LogP contribution in [0.3, 0.4) is 0 Å². The van der Waals surface area contributed by atoms with E-state index >= 15 is 0 Å². The van der Waals surface area contributed by atoms with Gasteiger partial charge < -0.3 is 10.1 Å². The molecule has 100 valence electrons. The van der Waals surface area contributed by atoms with E-state index in [0.717, 1.165) is 17.3 Å². The number of rotatable bonds is 6. The van der Waals surface area contributed by atoms with Crippen molar-refractivity contribution in [3.05, 3.63) is 28.2 Å². The molecule has 1 aromatic carbocycles. The molecule has 0 aromatic heterocycles. The van der Waals surface area contributed by atoms with Gasteiger partial charge in [-0.25, -0.2) is 0 Å². The van der Waals surface area contributed by atoms with Gasteiger partial charge >= 0.3 is 0 Å². The second kappa shape index (κ2) is 7.64. The molecule has 1 rings (SSSR count). The number of hydrogen-bond donors (Lipinski definition) is 1. The minimum atomic E-state index is -0.0828. The molecule has 0 spiro atoms. The summed E-state index contributed by atoms with van der Waals surface area (Å²) in [5.41, 5.74) is 0.613. The molecule has 1 N–H and O–H groups in total. The number of amides is 1. The summed E-state index contributed by atoms with van der Waals surface area (Å²) in [5.74, 6) is 0.628. The van der Waals surface area contributed by atoms with Crippen molar-refractivity contribution < 1.29 is 9.53 Å². The van der Waals surface area contributed by atoms with Crippen LogP contribution in [0.15, 0.2) is 22.7 Å². The maximum absolute atomic E-state index is 11.8. The van der Waals surface area contributed by atoms with Crippen molar-refractivity contribution in [2.75, 3.05) is 13.7 Å². The predicted molar refractivity (Wildman–Crippen MR) is 77.6 cm³/mol. The Balaban J connectivity index is 2.49. The van der Waals surface area contributed by atoms with E-state index in [-0.39, 0.29) is 11.3 Å². The SMILES string of the molecule is COc1ccc(C(=O)NCCCC(C)Cl)cc1Br.